The molecule has 35 heavy (non-hydrogen) atoms. The Kier molecular flexibility index (Phi) is 12.3. The van der Waals surface area contributed by atoms with E-state index in [-0.39, 0.29) is 13.1 Å². The van der Waals surface area contributed by atoms with E-state index in [1.165, 1.54) is 0 Å². The summed E-state index contributed by atoms with van der Waals surface area (Å²) in [5.74, 6) is -0.552. The van der Waals surface area contributed by atoms with Gasteiger partial charge in [0.1, 0.15) is 17.2 Å². The Hall–Kier alpha value is -2.76. The zero-order valence-electron chi connectivity index (χ0n) is 22.6. The minimum atomic E-state index is -1.18. The molecule has 0 fully saturated rings. The van der Waals surface area contributed by atoms with Gasteiger partial charge in [0, 0.05) is 31.2 Å². The predicted molar refractivity (Wildman–Crippen MR) is 132 cm³/mol. The fourth-order valence-electron chi connectivity index (χ4n) is 2.83. The largest absolute Gasteiger partial charge is 0.465 e. The van der Waals surface area contributed by atoms with E-state index in [9.17, 15) is 24.3 Å². The van der Waals surface area contributed by atoms with Gasteiger partial charge in [-0.25, -0.2) is 14.4 Å². The minimum absolute atomic E-state index is 0.0425. The molecule has 0 heterocycles. The topological polar surface area (TPSA) is 172 Å². The van der Waals surface area contributed by atoms with Crippen molar-refractivity contribution in [2.75, 3.05) is 19.6 Å². The van der Waals surface area contributed by atoms with Crippen molar-refractivity contribution in [3.05, 3.63) is 0 Å². The van der Waals surface area contributed by atoms with Crippen LogP contribution in [0.3, 0.4) is 0 Å². The SMILES string of the molecule is CC(C)(C)OC(=O)NCCC[C@H](CNC(=O)[C@@H](N)CN(C(=O)O)C(C)(C)C)NC(=O)OC(C)(C)C. The second kappa shape index (κ2) is 13.4. The molecule has 0 aliphatic heterocycles. The number of nitrogens with one attached hydrogen (secondary N) is 3. The van der Waals surface area contributed by atoms with Gasteiger partial charge in [-0.3, -0.25) is 4.79 Å². The molecule has 0 aliphatic rings. The molecule has 204 valence electrons. The molecule has 0 radical (unpaired) electrons. The molecular weight excluding hydrogens is 458 g/mol. The van der Waals surface area contributed by atoms with Gasteiger partial charge in [0.05, 0.1) is 0 Å². The fraction of sp³-hybridized carbons (Fsp3) is 0.826. The molecule has 2 atom stereocenters. The molecule has 12 heteroatoms. The van der Waals surface area contributed by atoms with Gasteiger partial charge in [-0.05, 0) is 75.2 Å². The number of ether oxygens (including phenoxy) is 2. The average Bonchev–Trinajstić information content (AvgIpc) is 2.62. The van der Waals surface area contributed by atoms with Gasteiger partial charge in [0.2, 0.25) is 5.91 Å². The summed E-state index contributed by atoms with van der Waals surface area (Å²) >= 11 is 0. The van der Waals surface area contributed by atoms with Crippen molar-refractivity contribution in [2.24, 2.45) is 5.73 Å². The highest BCUT2D eigenvalue weighted by atomic mass is 16.6. The Morgan fingerprint density at radius 3 is 1.86 bits per heavy atom. The van der Waals surface area contributed by atoms with Crippen LogP contribution in [0.4, 0.5) is 14.4 Å². The van der Waals surface area contributed by atoms with Crippen LogP contribution in [0.5, 0.6) is 0 Å². The standard InChI is InChI=1S/C23H45N5O7/c1-21(2,3)28(20(32)33)14-16(24)17(29)26-13-15(27-19(31)35-23(7,8)9)11-10-12-25-18(30)34-22(4,5)6/h15-16H,10-14,24H2,1-9H3,(H,25,30)(H,26,29)(H,27,31)(H,32,33)/t15-,16+/m1/s1. The summed E-state index contributed by atoms with van der Waals surface area (Å²) in [6.45, 7) is 15.8. The smallest absolute Gasteiger partial charge is 0.407 e. The van der Waals surface area contributed by atoms with Gasteiger partial charge < -0.3 is 41.2 Å². The molecule has 0 spiro atoms. The summed E-state index contributed by atoms with van der Waals surface area (Å²) in [7, 11) is 0. The average molecular weight is 504 g/mol. The van der Waals surface area contributed by atoms with Gasteiger partial charge >= 0.3 is 18.3 Å². The number of amides is 4. The first kappa shape index (κ1) is 32.2. The molecule has 0 unspecified atom stereocenters. The lowest BCUT2D eigenvalue weighted by atomic mass is 10.1. The van der Waals surface area contributed by atoms with Crippen LogP contribution in [-0.4, -0.2) is 82.7 Å². The van der Waals surface area contributed by atoms with Crippen LogP contribution in [0, 0.1) is 0 Å². The number of carbonyl (C=O) groups excluding carboxylic acids is 3. The second-order valence-corrected chi connectivity index (χ2v) is 11.3. The first-order chi connectivity index (χ1) is 15.7. The summed E-state index contributed by atoms with van der Waals surface area (Å²) in [6.07, 6.45) is -1.48. The summed E-state index contributed by atoms with van der Waals surface area (Å²) in [4.78, 5) is 49.2. The molecule has 0 saturated heterocycles. The molecule has 0 bridgehead atoms. The molecule has 0 rings (SSSR count). The van der Waals surface area contributed by atoms with Crippen LogP contribution in [0.1, 0.15) is 75.2 Å². The highest BCUT2D eigenvalue weighted by Crippen LogP contribution is 2.14. The lowest BCUT2D eigenvalue weighted by Crippen LogP contribution is -2.56. The predicted octanol–water partition coefficient (Wildman–Crippen LogP) is 2.41. The van der Waals surface area contributed by atoms with E-state index in [4.69, 9.17) is 15.2 Å². The Balaban J connectivity index is 4.98. The summed E-state index contributed by atoms with van der Waals surface area (Å²) < 4.78 is 10.5. The van der Waals surface area contributed by atoms with E-state index in [1.807, 2.05) is 0 Å². The number of rotatable bonds is 10. The zero-order chi connectivity index (χ0) is 27.6. The van der Waals surface area contributed by atoms with Crippen molar-refractivity contribution in [1.82, 2.24) is 20.9 Å². The summed E-state index contributed by atoms with van der Waals surface area (Å²) in [5.41, 5.74) is 3.89. The van der Waals surface area contributed by atoms with E-state index in [1.54, 1.807) is 62.3 Å². The molecule has 0 aliphatic carbocycles. The lowest BCUT2D eigenvalue weighted by molar-refractivity contribution is -0.123. The number of nitrogens with two attached hydrogens (primary N) is 1. The molecule has 4 amide bonds. The third-order valence-electron chi connectivity index (χ3n) is 4.40. The number of hydrogen-bond acceptors (Lipinski definition) is 7. The minimum Gasteiger partial charge on any atom is -0.465 e. The highest BCUT2D eigenvalue weighted by Gasteiger charge is 2.30. The number of carboxylic acid groups (broad SMARTS) is 1. The Bertz CT molecular complexity index is 723. The molecule has 0 aromatic carbocycles. The first-order valence-electron chi connectivity index (χ1n) is 11.7. The van der Waals surface area contributed by atoms with Crippen molar-refractivity contribution < 1.29 is 33.8 Å². The van der Waals surface area contributed by atoms with Crippen LogP contribution >= 0.6 is 0 Å². The van der Waals surface area contributed by atoms with Crippen LogP contribution < -0.4 is 21.7 Å². The Morgan fingerprint density at radius 2 is 1.40 bits per heavy atom. The van der Waals surface area contributed by atoms with Gasteiger partial charge in [0.25, 0.3) is 0 Å². The highest BCUT2D eigenvalue weighted by molar-refractivity contribution is 5.82. The molecule has 0 aromatic heterocycles. The molecule has 12 nitrogen and oxygen atoms in total. The maximum atomic E-state index is 12.5. The van der Waals surface area contributed by atoms with Crippen molar-refractivity contribution in [3.8, 4) is 0 Å². The van der Waals surface area contributed by atoms with Crippen molar-refractivity contribution in [2.45, 2.75) is 104 Å². The number of hydrogen-bond donors (Lipinski definition) is 5. The fourth-order valence-corrected chi connectivity index (χ4v) is 2.83. The van der Waals surface area contributed by atoms with Crippen molar-refractivity contribution in [1.29, 1.82) is 0 Å². The molecule has 0 saturated carbocycles. The summed E-state index contributed by atoms with van der Waals surface area (Å²) in [5, 5.41) is 17.4. The Labute approximate surface area is 208 Å². The van der Waals surface area contributed by atoms with E-state index >= 15 is 0 Å². The van der Waals surface area contributed by atoms with Crippen molar-refractivity contribution in [3.63, 3.8) is 0 Å². The van der Waals surface area contributed by atoms with Gasteiger partial charge in [-0.15, -0.1) is 0 Å². The van der Waals surface area contributed by atoms with Gasteiger partial charge in [-0.1, -0.05) is 0 Å². The third-order valence-corrected chi connectivity index (χ3v) is 4.40. The normalized spacial score (nSPS) is 13.8. The zero-order valence-corrected chi connectivity index (χ0v) is 22.6. The monoisotopic (exact) mass is 503 g/mol. The number of alkyl carbamates (subject to hydrolysis) is 2. The van der Waals surface area contributed by atoms with E-state index < -0.39 is 53.0 Å². The van der Waals surface area contributed by atoms with E-state index in [0.29, 0.717) is 19.4 Å². The lowest BCUT2D eigenvalue weighted by Gasteiger charge is -2.34. The number of carbonyl (C=O) groups is 4. The van der Waals surface area contributed by atoms with Gasteiger partial charge in [-0.2, -0.15) is 0 Å². The van der Waals surface area contributed by atoms with Crippen LogP contribution in [-0.2, 0) is 14.3 Å². The molecule has 6 N–H and O–H groups in total. The first-order valence-corrected chi connectivity index (χ1v) is 11.7. The number of nitrogens with zero attached hydrogens (tertiary/aromatic N) is 1. The van der Waals surface area contributed by atoms with Crippen LogP contribution in [0.15, 0.2) is 0 Å². The Morgan fingerprint density at radius 1 is 0.886 bits per heavy atom. The third kappa shape index (κ3) is 15.7. The maximum absolute atomic E-state index is 12.5. The van der Waals surface area contributed by atoms with Crippen LogP contribution in [0.25, 0.3) is 0 Å². The quantitative estimate of drug-likeness (QED) is 0.283. The summed E-state index contributed by atoms with van der Waals surface area (Å²) in [6, 6.07) is -1.61. The second-order valence-electron chi connectivity index (χ2n) is 11.3. The van der Waals surface area contributed by atoms with Crippen molar-refractivity contribution >= 4 is 24.2 Å². The van der Waals surface area contributed by atoms with E-state index in [0.717, 1.165) is 4.90 Å². The van der Waals surface area contributed by atoms with Crippen LogP contribution in [0.2, 0.25) is 0 Å². The maximum Gasteiger partial charge on any atom is 0.407 e. The molecule has 0 aromatic rings. The van der Waals surface area contributed by atoms with E-state index in [2.05, 4.69) is 16.0 Å². The molecular formula is C23H45N5O7. The van der Waals surface area contributed by atoms with Gasteiger partial charge in [0.15, 0.2) is 0 Å².